The second-order valence-electron chi connectivity index (χ2n) is 8.73. The van der Waals surface area contributed by atoms with Crippen molar-refractivity contribution in [3.8, 4) is 5.75 Å². The van der Waals surface area contributed by atoms with Crippen molar-refractivity contribution >= 4 is 34.1 Å². The number of H-pyrrole nitrogens is 1. The van der Waals surface area contributed by atoms with Crippen molar-refractivity contribution in [3.63, 3.8) is 0 Å². The number of aromatic amines is 1. The van der Waals surface area contributed by atoms with Gasteiger partial charge in [0.15, 0.2) is 0 Å². The Morgan fingerprint density at radius 1 is 1.06 bits per heavy atom. The normalized spacial score (nSPS) is 14.8. The molecule has 0 saturated carbocycles. The molecular weight excluding hydrogens is 440 g/mol. The molecule has 5 rings (SSSR count). The highest BCUT2D eigenvalue weighted by molar-refractivity contribution is 6.11. The van der Waals surface area contributed by atoms with E-state index in [9.17, 15) is 9.59 Å². The lowest BCUT2D eigenvalue weighted by molar-refractivity contribution is -0.123. The van der Waals surface area contributed by atoms with Gasteiger partial charge in [-0.25, -0.2) is 0 Å². The quantitative estimate of drug-likeness (QED) is 0.378. The summed E-state index contributed by atoms with van der Waals surface area (Å²) >= 11 is 0. The molecule has 0 saturated heterocycles. The number of methoxy groups -OCH3 is 1. The van der Waals surface area contributed by atoms with E-state index in [1.54, 1.807) is 12.0 Å². The second-order valence-corrected chi connectivity index (χ2v) is 8.73. The number of benzene rings is 3. The predicted octanol–water partition coefficient (Wildman–Crippen LogP) is 4.27. The van der Waals surface area contributed by atoms with Crippen LogP contribution in [-0.4, -0.2) is 43.0 Å². The topological polar surface area (TPSA) is 86.5 Å². The molecule has 0 aliphatic carbocycles. The minimum atomic E-state index is -0.486. The van der Waals surface area contributed by atoms with Gasteiger partial charge in [0, 0.05) is 29.6 Å². The first kappa shape index (κ1) is 22.7. The zero-order valence-corrected chi connectivity index (χ0v) is 19.7. The smallest absolute Gasteiger partial charge is 0.244 e. The maximum Gasteiger partial charge on any atom is 0.244 e. The molecule has 0 spiro atoms. The number of carbonyl (C=O) groups excluding carboxylic acids is 2. The zero-order chi connectivity index (χ0) is 24.4. The van der Waals surface area contributed by atoms with Crippen LogP contribution in [0.5, 0.6) is 5.75 Å². The van der Waals surface area contributed by atoms with Crippen LogP contribution in [0.1, 0.15) is 24.0 Å². The standard InChI is InChI=1S/C28H28N4O3/c1-18(28(34)32-17-27(33)31-25-9-5-6-10-26(25)32)29-15-22(19-11-13-20(35-2)14-12-19)23-16-30-24-8-4-3-7-21(23)24/h3-14,16,18,22,29-30H,15,17H2,1-2H3,(H,31,33)/t18-,22-/m0/s1. The van der Waals surface area contributed by atoms with Crippen LogP contribution in [0.3, 0.4) is 0 Å². The molecule has 2 amide bonds. The summed E-state index contributed by atoms with van der Waals surface area (Å²) in [6, 6.07) is 23.1. The van der Waals surface area contributed by atoms with Crippen LogP contribution < -0.4 is 20.3 Å². The Hall–Kier alpha value is -4.10. The van der Waals surface area contributed by atoms with Crippen LogP contribution in [0.4, 0.5) is 11.4 Å². The zero-order valence-electron chi connectivity index (χ0n) is 19.7. The Morgan fingerprint density at radius 3 is 2.60 bits per heavy atom. The van der Waals surface area contributed by atoms with Crippen molar-refractivity contribution in [1.29, 1.82) is 0 Å². The van der Waals surface area contributed by atoms with Gasteiger partial charge in [-0.15, -0.1) is 0 Å². The SMILES string of the molecule is COc1ccc([C@H](CN[C@@H](C)C(=O)N2CC(=O)Nc3ccccc32)c2c[nH]c3ccccc23)cc1. The molecule has 0 bridgehead atoms. The third-order valence-corrected chi connectivity index (χ3v) is 6.55. The number of nitrogens with one attached hydrogen (secondary N) is 3. The number of para-hydroxylation sites is 3. The van der Waals surface area contributed by atoms with E-state index >= 15 is 0 Å². The number of amides is 2. The lowest BCUT2D eigenvalue weighted by atomic mass is 9.90. The molecule has 7 nitrogen and oxygen atoms in total. The van der Waals surface area contributed by atoms with Crippen LogP contribution in [0.25, 0.3) is 10.9 Å². The number of carbonyl (C=O) groups is 2. The van der Waals surface area contributed by atoms with Gasteiger partial charge in [0.1, 0.15) is 12.3 Å². The fraction of sp³-hybridized carbons (Fsp3) is 0.214. The third-order valence-electron chi connectivity index (χ3n) is 6.55. The summed E-state index contributed by atoms with van der Waals surface area (Å²) in [6.07, 6.45) is 2.04. The van der Waals surface area contributed by atoms with Gasteiger partial charge in [-0.05, 0) is 48.4 Å². The van der Waals surface area contributed by atoms with Crippen molar-refractivity contribution in [3.05, 3.63) is 90.1 Å². The summed E-state index contributed by atoms with van der Waals surface area (Å²) < 4.78 is 5.34. The minimum Gasteiger partial charge on any atom is -0.497 e. The van der Waals surface area contributed by atoms with E-state index in [0.29, 0.717) is 17.9 Å². The highest BCUT2D eigenvalue weighted by atomic mass is 16.5. The fourth-order valence-corrected chi connectivity index (χ4v) is 4.67. The summed E-state index contributed by atoms with van der Waals surface area (Å²) in [5, 5.41) is 7.42. The van der Waals surface area contributed by atoms with E-state index < -0.39 is 6.04 Å². The molecule has 178 valence electrons. The predicted molar refractivity (Wildman–Crippen MR) is 138 cm³/mol. The van der Waals surface area contributed by atoms with Crippen molar-refractivity contribution in [1.82, 2.24) is 10.3 Å². The molecule has 0 unspecified atom stereocenters. The van der Waals surface area contributed by atoms with Crippen molar-refractivity contribution in [2.45, 2.75) is 18.9 Å². The van der Waals surface area contributed by atoms with Gasteiger partial charge in [0.05, 0.1) is 24.5 Å². The molecule has 0 fully saturated rings. The van der Waals surface area contributed by atoms with E-state index in [2.05, 4.69) is 39.9 Å². The fourth-order valence-electron chi connectivity index (χ4n) is 4.67. The Morgan fingerprint density at radius 2 is 1.80 bits per heavy atom. The Kier molecular flexibility index (Phi) is 6.25. The van der Waals surface area contributed by atoms with E-state index in [4.69, 9.17) is 4.74 Å². The first-order valence-corrected chi connectivity index (χ1v) is 11.7. The van der Waals surface area contributed by atoms with Crippen molar-refractivity contribution in [2.75, 3.05) is 30.4 Å². The summed E-state index contributed by atoms with van der Waals surface area (Å²) in [5.74, 6) is 0.466. The minimum absolute atomic E-state index is 0.00393. The second kappa shape index (κ2) is 9.64. The van der Waals surface area contributed by atoms with Gasteiger partial charge < -0.3 is 20.4 Å². The van der Waals surface area contributed by atoms with E-state index in [1.165, 1.54) is 0 Å². The van der Waals surface area contributed by atoms with Gasteiger partial charge in [-0.3, -0.25) is 14.5 Å². The molecule has 2 heterocycles. The van der Waals surface area contributed by atoms with Crippen molar-refractivity contribution < 1.29 is 14.3 Å². The number of anilines is 2. The van der Waals surface area contributed by atoms with Gasteiger partial charge >= 0.3 is 0 Å². The van der Waals surface area contributed by atoms with Crippen LogP contribution in [-0.2, 0) is 9.59 Å². The molecule has 1 aliphatic heterocycles. The molecule has 2 atom stereocenters. The van der Waals surface area contributed by atoms with Crippen LogP contribution in [0.2, 0.25) is 0 Å². The van der Waals surface area contributed by atoms with Crippen LogP contribution >= 0.6 is 0 Å². The van der Waals surface area contributed by atoms with E-state index in [0.717, 1.165) is 27.8 Å². The number of fused-ring (bicyclic) bond motifs is 2. The number of hydrogen-bond donors (Lipinski definition) is 3. The average Bonchev–Trinajstić information content (AvgIpc) is 3.32. The monoisotopic (exact) mass is 468 g/mol. The number of rotatable bonds is 7. The third kappa shape index (κ3) is 4.50. The van der Waals surface area contributed by atoms with E-state index in [-0.39, 0.29) is 24.3 Å². The molecule has 1 aromatic heterocycles. The largest absolute Gasteiger partial charge is 0.497 e. The number of aromatic nitrogens is 1. The maximum absolute atomic E-state index is 13.4. The van der Waals surface area contributed by atoms with Gasteiger partial charge in [-0.1, -0.05) is 42.5 Å². The lowest BCUT2D eigenvalue weighted by Gasteiger charge is -2.31. The number of hydrogen-bond acceptors (Lipinski definition) is 4. The maximum atomic E-state index is 13.4. The molecule has 35 heavy (non-hydrogen) atoms. The molecule has 3 N–H and O–H groups in total. The van der Waals surface area contributed by atoms with Gasteiger partial charge in [0.25, 0.3) is 0 Å². The lowest BCUT2D eigenvalue weighted by Crippen LogP contribution is -2.50. The molecule has 7 heteroatoms. The average molecular weight is 469 g/mol. The number of nitrogens with zero attached hydrogens (tertiary/aromatic N) is 1. The highest BCUT2D eigenvalue weighted by Crippen LogP contribution is 2.32. The molecule has 0 radical (unpaired) electrons. The summed E-state index contributed by atoms with van der Waals surface area (Å²) in [5.41, 5.74) is 4.71. The van der Waals surface area contributed by atoms with Crippen LogP contribution in [0.15, 0.2) is 79.0 Å². The Bertz CT molecular complexity index is 1360. The summed E-state index contributed by atoms with van der Waals surface area (Å²) in [6.45, 7) is 2.40. The van der Waals surface area contributed by atoms with Crippen LogP contribution in [0, 0.1) is 0 Å². The molecule has 4 aromatic rings. The number of ether oxygens (including phenoxy) is 1. The Labute approximate surface area is 204 Å². The first-order valence-electron chi connectivity index (χ1n) is 11.7. The molecule has 3 aromatic carbocycles. The molecule has 1 aliphatic rings. The van der Waals surface area contributed by atoms with Gasteiger partial charge in [-0.2, -0.15) is 0 Å². The van der Waals surface area contributed by atoms with Gasteiger partial charge in [0.2, 0.25) is 11.8 Å². The molecular formula is C28H28N4O3. The summed E-state index contributed by atoms with van der Waals surface area (Å²) in [7, 11) is 1.65. The Balaban J connectivity index is 1.40. The highest BCUT2D eigenvalue weighted by Gasteiger charge is 2.30. The van der Waals surface area contributed by atoms with E-state index in [1.807, 2.05) is 61.7 Å². The first-order chi connectivity index (χ1) is 17.0. The summed E-state index contributed by atoms with van der Waals surface area (Å²) in [4.78, 5) is 30.5. The van der Waals surface area contributed by atoms with Crippen molar-refractivity contribution in [2.24, 2.45) is 0 Å².